The first kappa shape index (κ1) is 34.5. The number of nitrogens with zero attached hydrogens (tertiary/aromatic N) is 9. The molecule has 9 rings (SSSR count). The Morgan fingerprint density at radius 3 is 2.75 bits per heavy atom. The number of aryl methyl sites for hydroxylation is 2. The average molecular weight is 742 g/mol. The first-order valence-corrected chi connectivity index (χ1v) is 18.3. The molecule has 0 aliphatic carbocycles. The molecule has 0 saturated carbocycles. The number of carbonyl (C=O) groups is 1. The molecule has 0 N–H and O–H groups in total. The topological polar surface area (TPSA) is 116 Å². The molecule has 55 heavy (non-hydrogen) atoms. The van der Waals surface area contributed by atoms with Gasteiger partial charge in [-0.3, -0.25) is 14.5 Å². The van der Waals surface area contributed by atoms with E-state index in [1.807, 2.05) is 64.0 Å². The van der Waals surface area contributed by atoms with Crippen LogP contribution in [-0.4, -0.2) is 83.7 Å². The third-order valence-corrected chi connectivity index (χ3v) is 10.4. The summed E-state index contributed by atoms with van der Waals surface area (Å²) in [5, 5.41) is 10.9. The molecule has 1 saturated heterocycles. The van der Waals surface area contributed by atoms with E-state index < -0.39 is 17.7 Å². The Labute approximate surface area is 315 Å². The number of amides is 1. The lowest BCUT2D eigenvalue weighted by Crippen LogP contribution is -2.47. The lowest BCUT2D eigenvalue weighted by atomic mass is 9.98. The minimum absolute atomic E-state index is 0.0443. The Kier molecular flexibility index (Phi) is 9.10. The predicted molar refractivity (Wildman–Crippen MR) is 202 cm³/mol. The molecule has 4 aromatic heterocycles. The van der Waals surface area contributed by atoms with Gasteiger partial charge in [-0.05, 0) is 72.0 Å². The van der Waals surface area contributed by atoms with Crippen molar-refractivity contribution < 1.29 is 23.0 Å². The number of rotatable bonds is 7. The van der Waals surface area contributed by atoms with Crippen molar-refractivity contribution in [3.8, 4) is 22.6 Å². The normalized spacial score (nSPS) is 17.4. The quantitative estimate of drug-likeness (QED) is 0.180. The van der Waals surface area contributed by atoms with E-state index in [-0.39, 0.29) is 17.7 Å². The fourth-order valence-corrected chi connectivity index (χ4v) is 7.83. The van der Waals surface area contributed by atoms with Crippen LogP contribution in [0.2, 0.25) is 0 Å². The molecule has 7 aromatic rings. The molecule has 2 atom stereocenters. The highest BCUT2D eigenvalue weighted by Crippen LogP contribution is 2.36. The number of benzene rings is 3. The minimum atomic E-state index is -0.778. The summed E-state index contributed by atoms with van der Waals surface area (Å²) >= 11 is 0. The first-order chi connectivity index (χ1) is 26.9. The highest BCUT2D eigenvalue weighted by atomic mass is 19.1. The molecule has 2 aliphatic heterocycles. The number of carbonyl (C=O) groups excluding carboxylic acids is 1. The smallest absolute Gasteiger partial charge is 0.245 e. The molecular weight excluding hydrogens is 705 g/mol. The minimum Gasteiger partial charge on any atom is -0.488 e. The number of aromatic nitrogens is 7. The molecule has 6 heterocycles. The molecule has 1 amide bonds. The van der Waals surface area contributed by atoms with Gasteiger partial charge in [0.25, 0.3) is 0 Å². The van der Waals surface area contributed by atoms with Gasteiger partial charge >= 0.3 is 0 Å². The van der Waals surface area contributed by atoms with Gasteiger partial charge in [0.05, 0.1) is 36.9 Å². The van der Waals surface area contributed by atoms with Crippen molar-refractivity contribution >= 4 is 33.7 Å². The Hall–Kier alpha value is -6.28. The van der Waals surface area contributed by atoms with E-state index in [1.54, 1.807) is 18.6 Å². The van der Waals surface area contributed by atoms with Crippen LogP contribution < -0.4 is 9.64 Å². The first-order valence-electron chi connectivity index (χ1n) is 18.3. The van der Waals surface area contributed by atoms with Crippen molar-refractivity contribution in [1.29, 1.82) is 0 Å². The second kappa shape index (κ2) is 14.5. The van der Waals surface area contributed by atoms with Gasteiger partial charge in [-0.1, -0.05) is 24.3 Å². The van der Waals surface area contributed by atoms with E-state index in [0.717, 1.165) is 39.4 Å². The van der Waals surface area contributed by atoms with Crippen LogP contribution in [0.5, 0.6) is 5.75 Å². The number of anilines is 1. The largest absolute Gasteiger partial charge is 0.488 e. The summed E-state index contributed by atoms with van der Waals surface area (Å²) in [7, 11) is 1.97. The molecule has 3 aromatic carbocycles. The lowest BCUT2D eigenvalue weighted by Gasteiger charge is -2.31. The Morgan fingerprint density at radius 2 is 1.87 bits per heavy atom. The second-order valence-corrected chi connectivity index (χ2v) is 13.9. The molecule has 14 heteroatoms. The van der Waals surface area contributed by atoms with Crippen LogP contribution in [0.1, 0.15) is 24.1 Å². The van der Waals surface area contributed by atoms with Gasteiger partial charge in [0.1, 0.15) is 41.5 Å². The van der Waals surface area contributed by atoms with E-state index in [1.165, 1.54) is 23.1 Å². The number of ether oxygens (including phenoxy) is 2. The van der Waals surface area contributed by atoms with E-state index in [9.17, 15) is 13.6 Å². The highest BCUT2D eigenvalue weighted by molar-refractivity contribution is 5.97. The number of hydrogen-bond acceptors (Lipinski definition) is 9. The molecule has 4 bridgehead atoms. The summed E-state index contributed by atoms with van der Waals surface area (Å²) in [6, 6.07) is 20.7. The van der Waals surface area contributed by atoms with E-state index >= 15 is 0 Å². The van der Waals surface area contributed by atoms with Crippen molar-refractivity contribution in [3.05, 3.63) is 121 Å². The predicted octanol–water partition coefficient (Wildman–Crippen LogP) is 6.06. The zero-order valence-corrected chi connectivity index (χ0v) is 30.1. The lowest BCUT2D eigenvalue weighted by molar-refractivity contribution is -0.133. The standard InChI is InChI=1S/C41H37F2N9O3/c1-49-36-9-4-16-50(17-18-54-24-26-12-14-44-15-13-26)41(53)37-21-30(55-29-6-2-5-27(19-29)31-7-3-8-34(48-49)38(31)36)23-51(37)39-32-22-47-52(40(32)46-25-45-39)35-11-10-28(42)20-33(35)43/h2-3,5-8,10-15,19-20,22,25,30,37H,4,9,16-18,21,23-24H2,1H3/t30-,37-/m0/s1. The van der Waals surface area contributed by atoms with E-state index in [0.29, 0.717) is 74.7 Å². The number of pyridine rings is 1. The van der Waals surface area contributed by atoms with Gasteiger partial charge in [0.2, 0.25) is 5.91 Å². The molecular formula is C41H37F2N9O3. The van der Waals surface area contributed by atoms with Gasteiger partial charge in [-0.25, -0.2) is 23.4 Å². The van der Waals surface area contributed by atoms with Crippen LogP contribution in [0.25, 0.3) is 38.8 Å². The van der Waals surface area contributed by atoms with Gasteiger partial charge in [-0.15, -0.1) is 0 Å². The summed E-state index contributed by atoms with van der Waals surface area (Å²) in [4.78, 5) is 31.9. The Balaban J connectivity index is 1.09. The van der Waals surface area contributed by atoms with Crippen molar-refractivity contribution in [2.75, 3.05) is 31.1 Å². The fraction of sp³-hybridized carbons (Fsp3) is 0.268. The van der Waals surface area contributed by atoms with E-state index in [2.05, 4.69) is 32.2 Å². The van der Waals surface area contributed by atoms with Crippen LogP contribution in [-0.2, 0) is 29.6 Å². The van der Waals surface area contributed by atoms with Crippen LogP contribution >= 0.6 is 0 Å². The second-order valence-electron chi connectivity index (χ2n) is 13.9. The van der Waals surface area contributed by atoms with Crippen molar-refractivity contribution in [2.24, 2.45) is 7.05 Å². The van der Waals surface area contributed by atoms with Crippen molar-refractivity contribution in [1.82, 2.24) is 39.4 Å². The molecule has 0 unspecified atom stereocenters. The molecule has 12 nitrogen and oxygen atoms in total. The fourth-order valence-electron chi connectivity index (χ4n) is 7.83. The number of hydrogen-bond donors (Lipinski definition) is 0. The van der Waals surface area contributed by atoms with Crippen LogP contribution in [0, 0.1) is 11.6 Å². The zero-order valence-electron chi connectivity index (χ0n) is 30.1. The molecule has 278 valence electrons. The Bertz CT molecular complexity index is 2520. The average Bonchev–Trinajstić information content (AvgIpc) is 3.91. The Morgan fingerprint density at radius 1 is 1.00 bits per heavy atom. The number of halogens is 2. The molecule has 2 aliphatic rings. The molecule has 0 radical (unpaired) electrons. The third-order valence-electron chi connectivity index (χ3n) is 10.4. The van der Waals surface area contributed by atoms with E-state index in [4.69, 9.17) is 14.6 Å². The maximum atomic E-state index is 15.0. The van der Waals surface area contributed by atoms with Crippen LogP contribution in [0.4, 0.5) is 14.6 Å². The van der Waals surface area contributed by atoms with Gasteiger partial charge in [-0.2, -0.15) is 10.2 Å². The summed E-state index contributed by atoms with van der Waals surface area (Å²) < 4.78 is 44.8. The summed E-state index contributed by atoms with van der Waals surface area (Å²) in [5.41, 5.74) is 5.46. The summed E-state index contributed by atoms with van der Waals surface area (Å²) in [6.07, 6.45) is 7.79. The molecule has 1 fully saturated rings. The van der Waals surface area contributed by atoms with Gasteiger partial charge in [0.15, 0.2) is 11.5 Å². The van der Waals surface area contributed by atoms with Crippen LogP contribution in [0.3, 0.4) is 0 Å². The maximum absolute atomic E-state index is 15.0. The summed E-state index contributed by atoms with van der Waals surface area (Å²) in [6.45, 7) is 1.93. The zero-order chi connectivity index (χ0) is 37.5. The van der Waals surface area contributed by atoms with Crippen molar-refractivity contribution in [3.63, 3.8) is 0 Å². The number of fused-ring (bicyclic) bond motifs is 6. The summed E-state index contributed by atoms with van der Waals surface area (Å²) in [5.74, 6) is -0.403. The highest BCUT2D eigenvalue weighted by Gasteiger charge is 2.42. The van der Waals surface area contributed by atoms with Gasteiger partial charge in [0, 0.05) is 56.1 Å². The van der Waals surface area contributed by atoms with Crippen molar-refractivity contribution in [2.45, 2.75) is 38.0 Å². The third kappa shape index (κ3) is 6.62. The maximum Gasteiger partial charge on any atom is 0.245 e. The van der Waals surface area contributed by atoms with Gasteiger partial charge < -0.3 is 19.3 Å². The van der Waals surface area contributed by atoms with Crippen LogP contribution in [0.15, 0.2) is 97.7 Å². The monoisotopic (exact) mass is 741 g/mol. The SMILES string of the molecule is Cn1nc2cccc3c2c1CCCN(CCOCc1ccncc1)C(=O)[C@@H]1C[C@@H](CN1c1ncnc2c1cnn2-c1ccc(F)cc1F)Oc1cccc-3c1. The molecule has 0 spiro atoms.